The van der Waals surface area contributed by atoms with Crippen LogP contribution in [0.1, 0.15) is 43.0 Å². The molecular weight excluding hydrogens is 333 g/mol. The van der Waals surface area contributed by atoms with E-state index in [1.165, 1.54) is 6.07 Å². The number of hydrogen-bond acceptors (Lipinski definition) is 4. The van der Waals surface area contributed by atoms with Gasteiger partial charge < -0.3 is 10.1 Å². The van der Waals surface area contributed by atoms with Crippen molar-refractivity contribution in [1.82, 2.24) is 5.32 Å². The maximum Gasteiger partial charge on any atom is 0.341 e. The Balaban J connectivity index is 1.76. The molecule has 0 saturated heterocycles. The molecule has 0 unspecified atom stereocenters. The van der Waals surface area contributed by atoms with Crippen molar-refractivity contribution in [2.45, 2.75) is 38.6 Å². The van der Waals surface area contributed by atoms with Gasteiger partial charge in [0, 0.05) is 6.04 Å². The number of amides is 1. The second-order valence-electron chi connectivity index (χ2n) is 5.34. The second-order valence-corrected chi connectivity index (χ2v) is 7.62. The Morgan fingerprint density at radius 2 is 2.00 bits per heavy atom. The van der Waals surface area contributed by atoms with Crippen LogP contribution < -0.4 is 5.32 Å². The van der Waals surface area contributed by atoms with Crippen molar-refractivity contribution in [2.24, 2.45) is 5.92 Å². The number of thiophene rings is 1. The lowest BCUT2D eigenvalue weighted by atomic mass is 9.87. The van der Waals surface area contributed by atoms with E-state index >= 15 is 0 Å². The number of esters is 1. The molecule has 0 atom stereocenters. The van der Waals surface area contributed by atoms with E-state index < -0.39 is 5.97 Å². The average Bonchev–Trinajstić information content (AvgIpc) is 2.78. The highest BCUT2D eigenvalue weighted by Crippen LogP contribution is 2.31. The van der Waals surface area contributed by atoms with Gasteiger partial charge in [0.05, 0.1) is 9.90 Å². The lowest BCUT2D eigenvalue weighted by Gasteiger charge is -2.26. The summed E-state index contributed by atoms with van der Waals surface area (Å²) in [5, 5.41) is 2.89. The molecule has 1 aliphatic rings. The molecule has 116 valence electrons. The third-order valence-electron chi connectivity index (χ3n) is 3.59. The topological polar surface area (TPSA) is 55.4 Å². The van der Waals surface area contributed by atoms with Crippen molar-refractivity contribution in [3.8, 4) is 0 Å². The van der Waals surface area contributed by atoms with Gasteiger partial charge in [0.2, 0.25) is 0 Å². The highest BCUT2D eigenvalue weighted by Gasteiger charge is 2.21. The monoisotopic (exact) mass is 349 g/mol. The fraction of sp³-hybridized carbons (Fsp3) is 0.571. The molecule has 1 heterocycles. The summed E-state index contributed by atoms with van der Waals surface area (Å²) >= 11 is 12.7. The first-order valence-corrected chi connectivity index (χ1v) is 8.44. The quantitative estimate of drug-likeness (QED) is 0.838. The normalized spacial score (nSPS) is 21.9. The Hall–Kier alpha value is -0.780. The minimum absolute atomic E-state index is 0.187. The van der Waals surface area contributed by atoms with E-state index in [1.807, 2.05) is 0 Å². The minimum atomic E-state index is -0.629. The summed E-state index contributed by atoms with van der Waals surface area (Å²) in [6, 6.07) is 1.63. The molecule has 1 aliphatic carbocycles. The van der Waals surface area contributed by atoms with Crippen LogP contribution in [0, 0.1) is 5.92 Å². The molecule has 0 aliphatic heterocycles. The molecule has 0 aromatic carbocycles. The standard InChI is InChI=1S/C14H17Cl2NO3S/c1-8-2-4-9(5-3-8)17-12(18)7-20-14(19)10-6-11(15)21-13(10)16/h6,8-9H,2-5,7H2,1H3,(H,17,18). The Kier molecular flexibility index (Phi) is 5.90. The van der Waals surface area contributed by atoms with E-state index in [0.717, 1.165) is 42.9 Å². The third-order valence-corrected chi connectivity index (χ3v) is 5.08. The van der Waals surface area contributed by atoms with Gasteiger partial charge in [0.1, 0.15) is 4.34 Å². The Bertz CT molecular complexity index is 524. The number of nitrogens with one attached hydrogen (secondary N) is 1. The van der Waals surface area contributed by atoms with Gasteiger partial charge in [-0.3, -0.25) is 4.79 Å². The third kappa shape index (κ3) is 4.87. The number of carbonyl (C=O) groups is 2. The lowest BCUT2D eigenvalue weighted by molar-refractivity contribution is -0.125. The Morgan fingerprint density at radius 3 is 2.57 bits per heavy atom. The first-order valence-electron chi connectivity index (χ1n) is 6.87. The van der Waals surface area contributed by atoms with Gasteiger partial charge in [-0.2, -0.15) is 0 Å². The predicted molar refractivity (Wildman–Crippen MR) is 84.2 cm³/mol. The molecule has 2 rings (SSSR count). The van der Waals surface area contributed by atoms with Crippen LogP contribution in [0.25, 0.3) is 0 Å². The van der Waals surface area contributed by atoms with Crippen LogP contribution in [-0.2, 0) is 9.53 Å². The number of ether oxygens (including phenoxy) is 1. The molecule has 4 nitrogen and oxygen atoms in total. The van der Waals surface area contributed by atoms with Crippen molar-refractivity contribution in [3.05, 3.63) is 20.3 Å². The maximum atomic E-state index is 11.8. The van der Waals surface area contributed by atoms with E-state index in [1.54, 1.807) is 0 Å². The van der Waals surface area contributed by atoms with Crippen LogP contribution in [0.5, 0.6) is 0 Å². The smallest absolute Gasteiger partial charge is 0.341 e. The van der Waals surface area contributed by atoms with Crippen LogP contribution in [0.15, 0.2) is 6.07 Å². The number of rotatable bonds is 4. The van der Waals surface area contributed by atoms with Gasteiger partial charge in [-0.25, -0.2) is 4.79 Å². The zero-order chi connectivity index (χ0) is 15.4. The summed E-state index contributed by atoms with van der Waals surface area (Å²) in [7, 11) is 0. The fourth-order valence-electron chi connectivity index (χ4n) is 2.36. The van der Waals surface area contributed by atoms with Crippen molar-refractivity contribution < 1.29 is 14.3 Å². The second kappa shape index (κ2) is 7.47. The van der Waals surface area contributed by atoms with Gasteiger partial charge in [-0.05, 0) is 37.7 Å². The summed E-state index contributed by atoms with van der Waals surface area (Å²) in [4.78, 5) is 23.6. The first kappa shape index (κ1) is 16.6. The van der Waals surface area contributed by atoms with Crippen molar-refractivity contribution in [2.75, 3.05) is 6.61 Å². The number of halogens is 2. The van der Waals surface area contributed by atoms with Gasteiger partial charge in [-0.15, -0.1) is 11.3 Å². The van der Waals surface area contributed by atoms with Crippen LogP contribution in [0.2, 0.25) is 8.67 Å². The van der Waals surface area contributed by atoms with Crippen molar-refractivity contribution in [1.29, 1.82) is 0 Å². The minimum Gasteiger partial charge on any atom is -0.452 e. The average molecular weight is 350 g/mol. The largest absolute Gasteiger partial charge is 0.452 e. The first-order chi connectivity index (χ1) is 9.95. The Labute approximate surface area is 137 Å². The summed E-state index contributed by atoms with van der Waals surface area (Å²) in [5.74, 6) is -0.183. The highest BCUT2D eigenvalue weighted by atomic mass is 35.5. The summed E-state index contributed by atoms with van der Waals surface area (Å²) in [6.07, 6.45) is 4.20. The molecular formula is C14H17Cl2NO3S. The number of hydrogen-bond donors (Lipinski definition) is 1. The van der Waals surface area contributed by atoms with Gasteiger partial charge in [0.25, 0.3) is 5.91 Å². The van der Waals surface area contributed by atoms with Gasteiger partial charge in [0.15, 0.2) is 6.61 Å². The lowest BCUT2D eigenvalue weighted by Crippen LogP contribution is -2.39. The van der Waals surface area contributed by atoms with E-state index in [0.29, 0.717) is 4.34 Å². The van der Waals surface area contributed by atoms with E-state index in [9.17, 15) is 9.59 Å². The molecule has 0 bridgehead atoms. The SMILES string of the molecule is CC1CCC(NC(=O)COC(=O)c2cc(Cl)sc2Cl)CC1. The zero-order valence-corrected chi connectivity index (χ0v) is 14.0. The molecule has 7 heteroatoms. The van der Waals surface area contributed by atoms with Crippen LogP contribution in [0.4, 0.5) is 0 Å². The van der Waals surface area contributed by atoms with Gasteiger partial charge in [-0.1, -0.05) is 30.1 Å². The van der Waals surface area contributed by atoms with Crippen molar-refractivity contribution >= 4 is 46.4 Å². The van der Waals surface area contributed by atoms with E-state index in [2.05, 4.69) is 12.2 Å². The molecule has 1 aromatic heterocycles. The predicted octanol–water partition coefficient (Wildman–Crippen LogP) is 3.91. The van der Waals surface area contributed by atoms with Crippen LogP contribution in [-0.4, -0.2) is 24.5 Å². The Morgan fingerprint density at radius 1 is 1.33 bits per heavy atom. The molecule has 0 radical (unpaired) electrons. The van der Waals surface area contributed by atoms with Crippen LogP contribution in [0.3, 0.4) is 0 Å². The van der Waals surface area contributed by atoms with E-state index in [4.69, 9.17) is 27.9 Å². The molecule has 1 aromatic rings. The van der Waals surface area contributed by atoms with E-state index in [-0.39, 0.29) is 28.5 Å². The molecule has 1 N–H and O–H groups in total. The maximum absolute atomic E-state index is 11.8. The highest BCUT2D eigenvalue weighted by molar-refractivity contribution is 7.20. The van der Waals surface area contributed by atoms with Gasteiger partial charge >= 0.3 is 5.97 Å². The molecule has 1 fully saturated rings. The summed E-state index contributed by atoms with van der Waals surface area (Å²) < 4.78 is 5.64. The zero-order valence-electron chi connectivity index (χ0n) is 11.7. The molecule has 0 spiro atoms. The molecule has 1 saturated carbocycles. The summed E-state index contributed by atoms with van der Waals surface area (Å²) in [5.41, 5.74) is 0.200. The fourth-order valence-corrected chi connectivity index (χ4v) is 3.80. The molecule has 21 heavy (non-hydrogen) atoms. The van der Waals surface area contributed by atoms with Crippen molar-refractivity contribution in [3.63, 3.8) is 0 Å². The number of carbonyl (C=O) groups excluding carboxylic acids is 2. The van der Waals surface area contributed by atoms with Crippen LogP contribution >= 0.6 is 34.5 Å². The summed E-state index contributed by atoms with van der Waals surface area (Å²) in [6.45, 7) is 1.92. The molecule has 1 amide bonds.